The first-order chi connectivity index (χ1) is 11.0. The topological polar surface area (TPSA) is 49.4 Å². The van der Waals surface area contributed by atoms with Crippen LogP contribution in [0.1, 0.15) is 26.7 Å². The van der Waals surface area contributed by atoms with Crippen molar-refractivity contribution in [3.05, 3.63) is 30.1 Å². The first kappa shape index (κ1) is 17.8. The highest BCUT2D eigenvalue weighted by Crippen LogP contribution is 2.21. The lowest BCUT2D eigenvalue weighted by atomic mass is 9.99. The summed E-state index contributed by atoms with van der Waals surface area (Å²) >= 11 is 1.44. The zero-order valence-corrected chi connectivity index (χ0v) is 14.4. The highest BCUT2D eigenvalue weighted by molar-refractivity contribution is 7.99. The maximum Gasteiger partial charge on any atom is 0.246 e. The minimum atomic E-state index is -0.545. The van der Waals surface area contributed by atoms with E-state index in [-0.39, 0.29) is 17.6 Å². The summed E-state index contributed by atoms with van der Waals surface area (Å²) in [5, 5.41) is 2.74. The average molecular weight is 338 g/mol. The molecule has 1 N–H and O–H groups in total. The normalized spacial score (nSPS) is 16.9. The molecule has 1 saturated heterocycles. The smallest absolute Gasteiger partial charge is 0.246 e. The Labute approximate surface area is 140 Å². The summed E-state index contributed by atoms with van der Waals surface area (Å²) in [7, 11) is 0. The number of hydrogen-bond acceptors (Lipinski definition) is 3. The molecule has 0 radical (unpaired) electrons. The Morgan fingerprint density at radius 3 is 2.48 bits per heavy atom. The molecule has 0 aliphatic carbocycles. The maximum atomic E-state index is 12.9. The Kier molecular flexibility index (Phi) is 6.45. The van der Waals surface area contributed by atoms with E-state index in [1.54, 1.807) is 12.1 Å². The van der Waals surface area contributed by atoms with Gasteiger partial charge >= 0.3 is 0 Å². The second-order valence-electron chi connectivity index (χ2n) is 6.03. The van der Waals surface area contributed by atoms with E-state index in [4.69, 9.17) is 0 Å². The van der Waals surface area contributed by atoms with Gasteiger partial charge in [-0.3, -0.25) is 9.59 Å². The minimum Gasteiger partial charge on any atom is -0.344 e. The molecule has 23 heavy (non-hydrogen) atoms. The zero-order valence-electron chi connectivity index (χ0n) is 13.5. The van der Waals surface area contributed by atoms with Crippen LogP contribution in [0.4, 0.5) is 4.39 Å². The quantitative estimate of drug-likeness (QED) is 0.840. The van der Waals surface area contributed by atoms with Crippen LogP contribution in [0, 0.1) is 11.7 Å². The van der Waals surface area contributed by atoms with Gasteiger partial charge in [-0.25, -0.2) is 4.39 Å². The zero-order chi connectivity index (χ0) is 16.8. The fraction of sp³-hybridized carbons (Fsp3) is 0.529. The molecular weight excluding hydrogens is 315 g/mol. The molecule has 126 valence electrons. The average Bonchev–Trinajstić information content (AvgIpc) is 2.52. The van der Waals surface area contributed by atoms with E-state index in [0.29, 0.717) is 11.7 Å². The molecule has 2 rings (SSSR count). The van der Waals surface area contributed by atoms with Gasteiger partial charge in [-0.2, -0.15) is 0 Å². The molecule has 0 spiro atoms. The predicted molar refractivity (Wildman–Crippen MR) is 89.7 cm³/mol. The van der Waals surface area contributed by atoms with Crippen LogP contribution in [0.5, 0.6) is 0 Å². The van der Waals surface area contributed by atoms with Crippen molar-refractivity contribution in [1.82, 2.24) is 10.2 Å². The lowest BCUT2D eigenvalue weighted by Gasteiger charge is -2.33. The summed E-state index contributed by atoms with van der Waals surface area (Å²) in [4.78, 5) is 26.8. The van der Waals surface area contributed by atoms with Gasteiger partial charge in [0.2, 0.25) is 11.8 Å². The van der Waals surface area contributed by atoms with Crippen molar-refractivity contribution in [3.8, 4) is 0 Å². The molecule has 4 nitrogen and oxygen atoms in total. The molecule has 1 fully saturated rings. The van der Waals surface area contributed by atoms with Crippen molar-refractivity contribution in [2.24, 2.45) is 5.92 Å². The summed E-state index contributed by atoms with van der Waals surface area (Å²) in [5.41, 5.74) is 0. The molecule has 1 aromatic rings. The number of likely N-dealkylation sites (tertiary alicyclic amines) is 1. The summed E-state index contributed by atoms with van der Waals surface area (Å²) in [6.45, 7) is 5.10. The second-order valence-corrected chi connectivity index (χ2v) is 7.12. The molecule has 1 aliphatic rings. The van der Waals surface area contributed by atoms with Crippen LogP contribution in [0.15, 0.2) is 29.2 Å². The minimum absolute atomic E-state index is 0.0262. The van der Waals surface area contributed by atoms with Crippen molar-refractivity contribution >= 4 is 23.6 Å². The lowest BCUT2D eigenvalue weighted by molar-refractivity contribution is -0.136. The van der Waals surface area contributed by atoms with Crippen LogP contribution in [0.2, 0.25) is 0 Å². The number of thioether (sulfide) groups is 1. The summed E-state index contributed by atoms with van der Waals surface area (Å²) in [6.07, 6.45) is 2.01. The van der Waals surface area contributed by atoms with E-state index in [2.05, 4.69) is 12.2 Å². The first-order valence-corrected chi connectivity index (χ1v) is 8.88. The largest absolute Gasteiger partial charge is 0.344 e. The number of nitrogens with zero attached hydrogens (tertiary/aromatic N) is 1. The number of hydrogen-bond donors (Lipinski definition) is 1. The van der Waals surface area contributed by atoms with E-state index in [1.807, 2.05) is 4.90 Å². The predicted octanol–water partition coefficient (Wildman–Crippen LogP) is 2.68. The number of nitrogens with one attached hydrogen (secondary N) is 1. The van der Waals surface area contributed by atoms with Crippen LogP contribution < -0.4 is 5.32 Å². The third kappa shape index (κ3) is 5.53. The van der Waals surface area contributed by atoms with Crippen molar-refractivity contribution < 1.29 is 14.0 Å². The number of halogens is 1. The van der Waals surface area contributed by atoms with Gasteiger partial charge in [0.25, 0.3) is 0 Å². The van der Waals surface area contributed by atoms with Gasteiger partial charge in [-0.15, -0.1) is 11.8 Å². The maximum absolute atomic E-state index is 12.9. The highest BCUT2D eigenvalue weighted by Gasteiger charge is 2.27. The van der Waals surface area contributed by atoms with Crippen molar-refractivity contribution in [2.75, 3.05) is 18.8 Å². The number of carbonyl (C=O) groups excluding carboxylic acids is 2. The third-order valence-corrected chi connectivity index (χ3v) is 5.11. The van der Waals surface area contributed by atoms with Gasteiger partial charge in [-0.05, 0) is 43.0 Å². The van der Waals surface area contributed by atoms with Crippen molar-refractivity contribution in [1.29, 1.82) is 0 Å². The van der Waals surface area contributed by atoms with Gasteiger partial charge in [0.15, 0.2) is 0 Å². The SMILES string of the molecule is CC(=O)NC(CSc1ccc(F)cc1)C(=O)N1CCC(C)CC1. The van der Waals surface area contributed by atoms with E-state index < -0.39 is 6.04 Å². The molecule has 0 saturated carbocycles. The monoisotopic (exact) mass is 338 g/mol. The lowest BCUT2D eigenvalue weighted by Crippen LogP contribution is -2.51. The van der Waals surface area contributed by atoms with Crippen LogP contribution in [-0.4, -0.2) is 41.6 Å². The Balaban J connectivity index is 1.96. The molecule has 1 heterocycles. The first-order valence-electron chi connectivity index (χ1n) is 7.90. The van der Waals surface area contributed by atoms with E-state index >= 15 is 0 Å². The number of carbonyl (C=O) groups is 2. The van der Waals surface area contributed by atoms with Crippen molar-refractivity contribution in [3.63, 3.8) is 0 Å². The number of rotatable bonds is 5. The highest BCUT2D eigenvalue weighted by atomic mass is 32.2. The van der Waals surface area contributed by atoms with Crippen LogP contribution >= 0.6 is 11.8 Å². The molecule has 1 aromatic carbocycles. The molecule has 6 heteroatoms. The van der Waals surface area contributed by atoms with Crippen LogP contribution in [0.25, 0.3) is 0 Å². The van der Waals surface area contributed by atoms with E-state index in [0.717, 1.165) is 30.8 Å². The van der Waals surface area contributed by atoms with E-state index in [9.17, 15) is 14.0 Å². The van der Waals surface area contributed by atoms with Gasteiger partial charge in [0, 0.05) is 30.7 Å². The van der Waals surface area contributed by atoms with Gasteiger partial charge in [-0.1, -0.05) is 6.92 Å². The van der Waals surface area contributed by atoms with Gasteiger partial charge in [0.1, 0.15) is 11.9 Å². The Morgan fingerprint density at radius 1 is 1.30 bits per heavy atom. The number of piperidine rings is 1. The molecule has 0 aromatic heterocycles. The molecule has 1 aliphatic heterocycles. The van der Waals surface area contributed by atoms with Gasteiger partial charge < -0.3 is 10.2 Å². The van der Waals surface area contributed by atoms with Gasteiger partial charge in [0.05, 0.1) is 0 Å². The third-order valence-electron chi connectivity index (χ3n) is 4.00. The molecule has 1 unspecified atom stereocenters. The van der Waals surface area contributed by atoms with E-state index in [1.165, 1.54) is 30.8 Å². The molecule has 0 bridgehead atoms. The fourth-order valence-corrected chi connectivity index (χ4v) is 3.49. The van der Waals surface area contributed by atoms with Crippen LogP contribution in [0.3, 0.4) is 0 Å². The molecular formula is C17H23FN2O2S. The molecule has 2 amide bonds. The standard InChI is InChI=1S/C17H23FN2O2S/c1-12-7-9-20(10-8-12)17(22)16(19-13(2)21)11-23-15-5-3-14(18)4-6-15/h3-6,12,16H,7-11H2,1-2H3,(H,19,21). The van der Waals surface area contributed by atoms with Crippen molar-refractivity contribution in [2.45, 2.75) is 37.6 Å². The summed E-state index contributed by atoms with van der Waals surface area (Å²) < 4.78 is 12.9. The second kappa shape index (κ2) is 8.34. The van der Waals surface area contributed by atoms with Crippen LogP contribution in [-0.2, 0) is 9.59 Å². The summed E-state index contributed by atoms with van der Waals surface area (Å²) in [5.74, 6) is 0.559. The summed E-state index contributed by atoms with van der Waals surface area (Å²) in [6, 6.07) is 5.60. The molecule has 1 atom stereocenters. The number of amides is 2. The Morgan fingerprint density at radius 2 is 1.91 bits per heavy atom. The Bertz CT molecular complexity index is 542. The fourth-order valence-electron chi connectivity index (χ4n) is 2.58. The number of benzene rings is 1. The Hall–Kier alpha value is -1.56.